The third-order valence-electron chi connectivity index (χ3n) is 2.88. The Labute approximate surface area is 128 Å². The molecule has 0 saturated carbocycles. The molecule has 1 nitrogen and oxygen atoms in total. The number of halogens is 3. The van der Waals surface area contributed by atoms with Gasteiger partial charge in [-0.2, -0.15) is 0 Å². The van der Waals surface area contributed by atoms with Crippen molar-refractivity contribution in [1.82, 2.24) is 5.32 Å². The van der Waals surface area contributed by atoms with E-state index in [4.69, 9.17) is 34.8 Å². The summed E-state index contributed by atoms with van der Waals surface area (Å²) in [6.45, 7) is 2.80. The molecule has 19 heavy (non-hydrogen) atoms. The molecule has 1 unspecified atom stereocenters. The topological polar surface area (TPSA) is 12.0 Å². The highest BCUT2D eigenvalue weighted by Crippen LogP contribution is 2.21. The smallest absolute Gasteiger partial charge is 0.0424 e. The summed E-state index contributed by atoms with van der Waals surface area (Å²) in [6, 6.07) is 13.6. The first-order valence-corrected chi connectivity index (χ1v) is 7.12. The van der Waals surface area contributed by atoms with Crippen molar-refractivity contribution >= 4 is 34.8 Å². The third-order valence-corrected chi connectivity index (χ3v) is 3.55. The van der Waals surface area contributed by atoms with E-state index in [0.717, 1.165) is 16.1 Å². The maximum atomic E-state index is 5.98. The van der Waals surface area contributed by atoms with Crippen molar-refractivity contribution in [3.63, 3.8) is 0 Å². The SMILES string of the molecule is CC(NCc1cc(Cl)cc(Cl)c1)c1cccc(Cl)c1. The maximum Gasteiger partial charge on any atom is 0.0424 e. The highest BCUT2D eigenvalue weighted by atomic mass is 35.5. The number of nitrogens with one attached hydrogen (secondary N) is 1. The summed E-state index contributed by atoms with van der Waals surface area (Å²) >= 11 is 17.9. The fourth-order valence-electron chi connectivity index (χ4n) is 1.88. The predicted molar refractivity (Wildman–Crippen MR) is 83.2 cm³/mol. The summed E-state index contributed by atoms with van der Waals surface area (Å²) in [7, 11) is 0. The van der Waals surface area contributed by atoms with Gasteiger partial charge >= 0.3 is 0 Å². The van der Waals surface area contributed by atoms with Crippen molar-refractivity contribution in [3.8, 4) is 0 Å². The van der Waals surface area contributed by atoms with Crippen molar-refractivity contribution in [2.24, 2.45) is 0 Å². The Balaban J connectivity index is 2.02. The second-order valence-corrected chi connectivity index (χ2v) is 5.74. The summed E-state index contributed by atoms with van der Waals surface area (Å²) < 4.78 is 0. The molecular weight excluding hydrogens is 301 g/mol. The van der Waals surface area contributed by atoms with Crippen molar-refractivity contribution in [2.75, 3.05) is 0 Å². The first-order valence-electron chi connectivity index (χ1n) is 5.98. The largest absolute Gasteiger partial charge is 0.306 e. The van der Waals surface area contributed by atoms with Crippen LogP contribution in [0.2, 0.25) is 15.1 Å². The lowest BCUT2D eigenvalue weighted by Crippen LogP contribution is -2.18. The molecule has 100 valence electrons. The molecule has 0 heterocycles. The summed E-state index contributed by atoms with van der Waals surface area (Å²) in [5.74, 6) is 0. The Morgan fingerprint density at radius 3 is 2.26 bits per heavy atom. The maximum absolute atomic E-state index is 5.98. The highest BCUT2D eigenvalue weighted by Gasteiger charge is 2.06. The van der Waals surface area contributed by atoms with Crippen molar-refractivity contribution in [2.45, 2.75) is 19.5 Å². The van der Waals surface area contributed by atoms with E-state index in [9.17, 15) is 0 Å². The van der Waals surface area contributed by atoms with E-state index in [2.05, 4.69) is 18.3 Å². The van der Waals surface area contributed by atoms with Crippen LogP contribution in [0.3, 0.4) is 0 Å². The molecular formula is C15H14Cl3N. The summed E-state index contributed by atoms with van der Waals surface area (Å²) in [6.07, 6.45) is 0. The van der Waals surface area contributed by atoms with E-state index >= 15 is 0 Å². The van der Waals surface area contributed by atoms with Gasteiger partial charge in [0.15, 0.2) is 0 Å². The Kier molecular flexibility index (Phi) is 5.12. The lowest BCUT2D eigenvalue weighted by atomic mass is 10.1. The molecule has 0 spiro atoms. The second-order valence-electron chi connectivity index (χ2n) is 4.44. The average molecular weight is 315 g/mol. The van der Waals surface area contributed by atoms with Crippen LogP contribution in [0.5, 0.6) is 0 Å². The van der Waals surface area contributed by atoms with Crippen LogP contribution in [-0.2, 0) is 6.54 Å². The van der Waals surface area contributed by atoms with Gasteiger partial charge in [0.1, 0.15) is 0 Å². The summed E-state index contributed by atoms with van der Waals surface area (Å²) in [4.78, 5) is 0. The lowest BCUT2D eigenvalue weighted by Gasteiger charge is -2.15. The van der Waals surface area contributed by atoms with Crippen LogP contribution < -0.4 is 5.32 Å². The van der Waals surface area contributed by atoms with Crippen molar-refractivity contribution in [1.29, 1.82) is 0 Å². The fraction of sp³-hybridized carbons (Fsp3) is 0.200. The van der Waals surface area contributed by atoms with Gasteiger partial charge in [0.25, 0.3) is 0 Å². The van der Waals surface area contributed by atoms with Crippen LogP contribution in [0.15, 0.2) is 42.5 Å². The minimum atomic E-state index is 0.205. The van der Waals surface area contributed by atoms with Gasteiger partial charge in [0.2, 0.25) is 0 Å². The fourth-order valence-corrected chi connectivity index (χ4v) is 2.65. The molecule has 2 aromatic rings. The quantitative estimate of drug-likeness (QED) is 0.786. The monoisotopic (exact) mass is 313 g/mol. The van der Waals surface area contributed by atoms with Gasteiger partial charge in [-0.05, 0) is 48.4 Å². The molecule has 0 radical (unpaired) electrons. The molecule has 2 rings (SSSR count). The molecule has 4 heteroatoms. The first-order chi connectivity index (χ1) is 9.04. The molecule has 0 aliphatic carbocycles. The summed E-state index contributed by atoms with van der Waals surface area (Å²) in [5.41, 5.74) is 2.21. The number of benzene rings is 2. The second kappa shape index (κ2) is 6.62. The minimum absolute atomic E-state index is 0.205. The van der Waals surface area contributed by atoms with Gasteiger partial charge in [-0.25, -0.2) is 0 Å². The Bertz CT molecular complexity index is 549. The third kappa shape index (κ3) is 4.39. The molecule has 0 fully saturated rings. The zero-order valence-electron chi connectivity index (χ0n) is 10.5. The molecule has 0 bridgehead atoms. The molecule has 0 aliphatic heterocycles. The highest BCUT2D eigenvalue weighted by molar-refractivity contribution is 6.34. The molecule has 0 aliphatic rings. The van der Waals surface area contributed by atoms with E-state index in [1.54, 1.807) is 6.07 Å². The zero-order chi connectivity index (χ0) is 13.8. The van der Waals surface area contributed by atoms with E-state index in [1.165, 1.54) is 0 Å². The summed E-state index contributed by atoms with van der Waals surface area (Å²) in [5, 5.41) is 5.47. The predicted octanol–water partition coefficient (Wildman–Crippen LogP) is 5.50. The van der Waals surface area contributed by atoms with Gasteiger partial charge in [-0.3, -0.25) is 0 Å². The molecule has 2 aromatic carbocycles. The standard InChI is InChI=1S/C15H14Cl3N/c1-10(12-3-2-4-13(16)7-12)19-9-11-5-14(17)8-15(18)6-11/h2-8,10,19H,9H2,1H3. The van der Waals surface area contributed by atoms with Crippen LogP contribution in [0, 0.1) is 0 Å². The van der Waals surface area contributed by atoms with Gasteiger partial charge in [0.05, 0.1) is 0 Å². The van der Waals surface area contributed by atoms with Crippen LogP contribution >= 0.6 is 34.8 Å². The van der Waals surface area contributed by atoms with Gasteiger partial charge in [-0.15, -0.1) is 0 Å². The van der Waals surface area contributed by atoms with Crippen LogP contribution in [0.25, 0.3) is 0 Å². The molecule has 0 aromatic heterocycles. The van der Waals surface area contributed by atoms with Crippen molar-refractivity contribution < 1.29 is 0 Å². The van der Waals surface area contributed by atoms with Gasteiger partial charge in [-0.1, -0.05) is 46.9 Å². The molecule has 1 atom stereocenters. The van der Waals surface area contributed by atoms with Crippen molar-refractivity contribution in [3.05, 3.63) is 68.7 Å². The molecule has 0 amide bonds. The van der Waals surface area contributed by atoms with Crippen LogP contribution in [0.1, 0.15) is 24.1 Å². The Morgan fingerprint density at radius 1 is 0.947 bits per heavy atom. The number of rotatable bonds is 4. The minimum Gasteiger partial charge on any atom is -0.306 e. The molecule has 0 saturated heterocycles. The zero-order valence-corrected chi connectivity index (χ0v) is 12.7. The lowest BCUT2D eigenvalue weighted by molar-refractivity contribution is 0.575. The first kappa shape index (κ1) is 14.7. The van der Waals surface area contributed by atoms with E-state index in [0.29, 0.717) is 16.6 Å². The Morgan fingerprint density at radius 2 is 1.63 bits per heavy atom. The van der Waals surface area contributed by atoms with Gasteiger partial charge in [0, 0.05) is 27.7 Å². The molecule has 1 N–H and O–H groups in total. The van der Waals surface area contributed by atoms with Crippen LogP contribution in [-0.4, -0.2) is 0 Å². The van der Waals surface area contributed by atoms with E-state index < -0.39 is 0 Å². The average Bonchev–Trinajstić information content (AvgIpc) is 2.35. The van der Waals surface area contributed by atoms with E-state index in [1.807, 2.05) is 30.3 Å². The number of hydrogen-bond acceptors (Lipinski definition) is 1. The normalized spacial score (nSPS) is 12.4. The van der Waals surface area contributed by atoms with Gasteiger partial charge < -0.3 is 5.32 Å². The Hall–Kier alpha value is -0.730. The van der Waals surface area contributed by atoms with Crippen LogP contribution in [0.4, 0.5) is 0 Å². The van der Waals surface area contributed by atoms with E-state index in [-0.39, 0.29) is 6.04 Å². The number of hydrogen-bond donors (Lipinski definition) is 1.